The monoisotopic (exact) mass is 473 g/mol. The van der Waals surface area contributed by atoms with Gasteiger partial charge in [0.15, 0.2) is 6.61 Å². The van der Waals surface area contributed by atoms with E-state index in [-0.39, 0.29) is 18.4 Å². The van der Waals surface area contributed by atoms with Crippen LogP contribution < -0.4 is 10.1 Å². The summed E-state index contributed by atoms with van der Waals surface area (Å²) in [6.45, 7) is -0.193. The summed E-state index contributed by atoms with van der Waals surface area (Å²) in [7, 11) is 0. The van der Waals surface area contributed by atoms with Crippen LogP contribution >= 0.6 is 45.8 Å². The van der Waals surface area contributed by atoms with Gasteiger partial charge in [0.1, 0.15) is 6.33 Å². The zero-order valence-electron chi connectivity index (χ0n) is 12.1. The van der Waals surface area contributed by atoms with Crippen molar-refractivity contribution < 1.29 is 9.53 Å². The quantitative estimate of drug-likeness (QED) is 0.564. The lowest BCUT2D eigenvalue weighted by atomic mass is 10.2. The molecule has 5 nitrogen and oxygen atoms in total. The molecule has 1 heterocycles. The molecule has 0 spiro atoms. The third kappa shape index (κ3) is 3.88. The summed E-state index contributed by atoms with van der Waals surface area (Å²) in [5.41, 5.74) is 1.24. The molecule has 0 aliphatic heterocycles. The molecule has 24 heavy (non-hydrogen) atoms. The Kier molecular flexibility index (Phi) is 5.37. The van der Waals surface area contributed by atoms with E-state index in [2.05, 4.69) is 37.9 Å². The van der Waals surface area contributed by atoms with Gasteiger partial charge < -0.3 is 10.1 Å². The number of nitrogens with one attached hydrogen (secondary N) is 1. The van der Waals surface area contributed by atoms with E-state index in [1.165, 1.54) is 6.33 Å². The van der Waals surface area contributed by atoms with E-state index in [9.17, 15) is 4.79 Å². The minimum absolute atomic E-state index is 0.193. The Bertz CT molecular complexity index is 921. The number of benzene rings is 2. The summed E-state index contributed by atoms with van der Waals surface area (Å²) in [6.07, 6.45) is 1.33. The molecular formula is C16H10Cl2IN3O2. The average molecular weight is 474 g/mol. The Labute approximate surface area is 161 Å². The van der Waals surface area contributed by atoms with Gasteiger partial charge in [0.2, 0.25) is 5.88 Å². The highest BCUT2D eigenvalue weighted by Gasteiger charge is 2.12. The number of amides is 1. The molecule has 0 saturated carbocycles. The number of aromatic nitrogens is 2. The topological polar surface area (TPSA) is 64.1 Å². The number of para-hydroxylation sites is 1. The summed E-state index contributed by atoms with van der Waals surface area (Å²) < 4.78 is 6.46. The molecule has 1 amide bonds. The van der Waals surface area contributed by atoms with Crippen molar-refractivity contribution in [3.63, 3.8) is 0 Å². The molecule has 1 aromatic heterocycles. The Morgan fingerprint density at radius 3 is 2.79 bits per heavy atom. The molecule has 1 N–H and O–H groups in total. The van der Waals surface area contributed by atoms with Crippen molar-refractivity contribution >= 4 is 68.3 Å². The molecule has 0 fully saturated rings. The SMILES string of the molecule is O=C(COc1ncnc2c(Cl)cc(Cl)cc12)Nc1ccccc1I. The normalized spacial score (nSPS) is 10.6. The minimum atomic E-state index is -0.293. The van der Waals surface area contributed by atoms with Crippen LogP contribution in [-0.2, 0) is 4.79 Å². The number of carbonyl (C=O) groups is 1. The molecular weight excluding hydrogens is 464 g/mol. The van der Waals surface area contributed by atoms with Crippen LogP contribution in [0.1, 0.15) is 0 Å². The maximum Gasteiger partial charge on any atom is 0.262 e. The number of rotatable bonds is 4. The number of fused-ring (bicyclic) bond motifs is 1. The maximum atomic E-state index is 12.1. The van der Waals surface area contributed by atoms with Gasteiger partial charge in [0.25, 0.3) is 5.91 Å². The average Bonchev–Trinajstić information content (AvgIpc) is 2.55. The molecule has 122 valence electrons. The Hall–Kier alpha value is -1.64. The molecule has 0 bridgehead atoms. The summed E-state index contributed by atoms with van der Waals surface area (Å²) >= 11 is 14.3. The summed E-state index contributed by atoms with van der Waals surface area (Å²) in [5, 5.41) is 4.17. The van der Waals surface area contributed by atoms with Crippen molar-refractivity contribution in [2.75, 3.05) is 11.9 Å². The van der Waals surface area contributed by atoms with E-state index >= 15 is 0 Å². The van der Waals surface area contributed by atoms with E-state index in [1.54, 1.807) is 12.1 Å². The number of anilines is 1. The van der Waals surface area contributed by atoms with Gasteiger partial charge in [0.05, 0.1) is 21.6 Å². The smallest absolute Gasteiger partial charge is 0.262 e. The maximum absolute atomic E-state index is 12.1. The van der Waals surface area contributed by atoms with Crippen LogP contribution in [0.4, 0.5) is 5.69 Å². The number of carbonyl (C=O) groups excluding carboxylic acids is 1. The number of hydrogen-bond donors (Lipinski definition) is 1. The van der Waals surface area contributed by atoms with Gasteiger partial charge in [-0.3, -0.25) is 4.79 Å². The third-order valence-electron chi connectivity index (χ3n) is 3.11. The highest BCUT2D eigenvalue weighted by Crippen LogP contribution is 2.30. The van der Waals surface area contributed by atoms with E-state index in [1.807, 2.05) is 24.3 Å². The van der Waals surface area contributed by atoms with Gasteiger partial charge in [-0.15, -0.1) is 0 Å². The number of nitrogens with zero attached hydrogens (tertiary/aromatic N) is 2. The van der Waals surface area contributed by atoms with Crippen molar-refractivity contribution in [3.8, 4) is 5.88 Å². The Morgan fingerprint density at radius 2 is 2.00 bits per heavy atom. The van der Waals surface area contributed by atoms with E-state index < -0.39 is 0 Å². The van der Waals surface area contributed by atoms with Crippen LogP contribution in [-0.4, -0.2) is 22.5 Å². The van der Waals surface area contributed by atoms with Gasteiger partial charge in [-0.1, -0.05) is 35.3 Å². The predicted octanol–water partition coefficient (Wildman–Crippen LogP) is 4.56. The molecule has 0 unspecified atom stereocenters. The molecule has 0 aliphatic carbocycles. The van der Waals surface area contributed by atoms with Crippen molar-refractivity contribution in [1.82, 2.24) is 9.97 Å². The first-order valence-electron chi connectivity index (χ1n) is 6.81. The molecule has 0 saturated heterocycles. The number of halogens is 3. The highest BCUT2D eigenvalue weighted by molar-refractivity contribution is 14.1. The second kappa shape index (κ2) is 7.50. The molecule has 3 rings (SSSR count). The lowest BCUT2D eigenvalue weighted by Gasteiger charge is -2.10. The first-order chi connectivity index (χ1) is 11.5. The molecule has 0 radical (unpaired) electrons. The first kappa shape index (κ1) is 17.2. The second-order valence-corrected chi connectivity index (χ2v) is 6.79. The summed E-state index contributed by atoms with van der Waals surface area (Å²) in [4.78, 5) is 20.2. The molecule has 0 aliphatic rings. The second-order valence-electron chi connectivity index (χ2n) is 4.78. The Morgan fingerprint density at radius 1 is 1.21 bits per heavy atom. The standard InChI is InChI=1S/C16H10Cl2IN3O2/c17-9-5-10-15(11(18)6-9)20-8-21-16(10)24-7-14(23)22-13-4-2-1-3-12(13)19/h1-6,8H,7H2,(H,22,23). The van der Waals surface area contributed by atoms with Crippen LogP contribution in [0, 0.1) is 3.57 Å². The minimum Gasteiger partial charge on any atom is -0.467 e. The van der Waals surface area contributed by atoms with Crippen LogP contribution in [0.25, 0.3) is 10.9 Å². The van der Waals surface area contributed by atoms with Gasteiger partial charge in [-0.05, 0) is 46.9 Å². The van der Waals surface area contributed by atoms with Crippen molar-refractivity contribution in [1.29, 1.82) is 0 Å². The molecule has 2 aromatic carbocycles. The van der Waals surface area contributed by atoms with Crippen LogP contribution in [0.3, 0.4) is 0 Å². The number of ether oxygens (including phenoxy) is 1. The van der Waals surface area contributed by atoms with E-state index in [0.717, 1.165) is 9.26 Å². The largest absolute Gasteiger partial charge is 0.467 e. The Balaban J connectivity index is 1.76. The number of hydrogen-bond acceptors (Lipinski definition) is 4. The molecule has 0 atom stereocenters. The fourth-order valence-corrected chi connectivity index (χ4v) is 3.13. The van der Waals surface area contributed by atoms with Crippen molar-refractivity contribution in [2.24, 2.45) is 0 Å². The fraction of sp³-hybridized carbons (Fsp3) is 0.0625. The fourth-order valence-electron chi connectivity index (χ4n) is 2.07. The third-order valence-corrected chi connectivity index (χ3v) is 4.56. The van der Waals surface area contributed by atoms with Crippen LogP contribution in [0.15, 0.2) is 42.7 Å². The highest BCUT2D eigenvalue weighted by atomic mass is 127. The van der Waals surface area contributed by atoms with E-state index in [0.29, 0.717) is 20.9 Å². The first-order valence-corrected chi connectivity index (χ1v) is 8.65. The van der Waals surface area contributed by atoms with Gasteiger partial charge in [-0.2, -0.15) is 0 Å². The zero-order valence-corrected chi connectivity index (χ0v) is 15.8. The van der Waals surface area contributed by atoms with E-state index in [4.69, 9.17) is 27.9 Å². The zero-order chi connectivity index (χ0) is 17.1. The molecule has 8 heteroatoms. The van der Waals surface area contributed by atoms with Gasteiger partial charge >= 0.3 is 0 Å². The van der Waals surface area contributed by atoms with Crippen molar-refractivity contribution in [3.05, 3.63) is 56.3 Å². The molecule has 3 aromatic rings. The van der Waals surface area contributed by atoms with Gasteiger partial charge in [0, 0.05) is 8.59 Å². The lowest BCUT2D eigenvalue weighted by Crippen LogP contribution is -2.21. The van der Waals surface area contributed by atoms with Crippen LogP contribution in [0.5, 0.6) is 5.88 Å². The van der Waals surface area contributed by atoms with Crippen LogP contribution in [0.2, 0.25) is 10.0 Å². The lowest BCUT2D eigenvalue weighted by molar-refractivity contribution is -0.118. The van der Waals surface area contributed by atoms with Gasteiger partial charge in [-0.25, -0.2) is 9.97 Å². The predicted molar refractivity (Wildman–Crippen MR) is 103 cm³/mol. The van der Waals surface area contributed by atoms with Crippen molar-refractivity contribution in [2.45, 2.75) is 0 Å². The summed E-state index contributed by atoms with van der Waals surface area (Å²) in [5.74, 6) is -0.0405. The summed E-state index contributed by atoms with van der Waals surface area (Å²) in [6, 6.07) is 10.7.